The second-order valence-corrected chi connectivity index (χ2v) is 7.53. The fraction of sp³-hybridized carbons (Fsp3) is 0.333. The van der Waals surface area contributed by atoms with Gasteiger partial charge in [0.05, 0.1) is 21.8 Å². The second kappa shape index (κ2) is 10.7. The number of halogens is 1. The number of guanidine groups is 1. The fourth-order valence-electron chi connectivity index (χ4n) is 2.37. The molecule has 0 unspecified atom stereocenters. The third-order valence-electron chi connectivity index (χ3n) is 3.52. The molecule has 4 nitrogen and oxygen atoms in total. The van der Waals surface area contributed by atoms with Gasteiger partial charge in [-0.1, -0.05) is 18.2 Å². The Bertz CT molecular complexity index is 750. The zero-order valence-corrected chi connectivity index (χ0v) is 18.2. The average molecular weight is 486 g/mol. The monoisotopic (exact) mass is 486 g/mol. The van der Waals surface area contributed by atoms with Crippen LogP contribution in [0.4, 0.5) is 0 Å². The number of benzene rings is 1. The average Bonchev–Trinajstić information content (AvgIpc) is 3.25. The highest BCUT2D eigenvalue weighted by Crippen LogP contribution is 2.22. The third-order valence-corrected chi connectivity index (χ3v) is 5.47. The summed E-state index contributed by atoms with van der Waals surface area (Å²) in [5.41, 5.74) is 1.11. The Kier molecular flexibility index (Phi) is 8.63. The zero-order chi connectivity index (χ0) is 16.6. The van der Waals surface area contributed by atoms with Crippen molar-refractivity contribution >= 4 is 62.8 Å². The molecule has 1 aromatic carbocycles. The minimum absolute atomic E-state index is 0. The van der Waals surface area contributed by atoms with E-state index < -0.39 is 0 Å². The summed E-state index contributed by atoms with van der Waals surface area (Å²) in [5, 5.41) is 10.00. The van der Waals surface area contributed by atoms with E-state index in [1.165, 1.54) is 14.6 Å². The number of aliphatic imine (C=N–C) groups is 1. The molecule has 0 aliphatic heterocycles. The molecular weight excluding hydrogens is 463 g/mol. The summed E-state index contributed by atoms with van der Waals surface area (Å²) >= 11 is 3.53. The minimum atomic E-state index is 0. The lowest BCUT2D eigenvalue weighted by molar-refractivity contribution is 0.742. The van der Waals surface area contributed by atoms with Gasteiger partial charge in [0.1, 0.15) is 0 Å². The van der Waals surface area contributed by atoms with Gasteiger partial charge in [-0.3, -0.25) is 0 Å². The quantitative estimate of drug-likeness (QED) is 0.221. The molecule has 0 aliphatic carbocycles. The van der Waals surface area contributed by atoms with E-state index in [-0.39, 0.29) is 24.0 Å². The SMILES string of the molecule is CCNC(=NCc1cccs1)NCCCc1nc2ccccc2s1.I. The first-order valence-corrected chi connectivity index (χ1v) is 9.94. The van der Waals surface area contributed by atoms with E-state index in [4.69, 9.17) is 0 Å². The number of hydrogen-bond acceptors (Lipinski definition) is 4. The van der Waals surface area contributed by atoms with Gasteiger partial charge in [0, 0.05) is 24.4 Å². The molecule has 0 saturated heterocycles. The van der Waals surface area contributed by atoms with Crippen molar-refractivity contribution in [3.63, 3.8) is 0 Å². The van der Waals surface area contributed by atoms with Crippen LogP contribution in [-0.2, 0) is 13.0 Å². The Morgan fingerprint density at radius 3 is 2.80 bits per heavy atom. The van der Waals surface area contributed by atoms with Gasteiger partial charge in [-0.2, -0.15) is 0 Å². The summed E-state index contributed by atoms with van der Waals surface area (Å²) in [5.74, 6) is 0.884. The van der Waals surface area contributed by atoms with E-state index in [0.29, 0.717) is 0 Å². The first-order chi connectivity index (χ1) is 11.8. The summed E-state index contributed by atoms with van der Waals surface area (Å²) in [6.07, 6.45) is 2.04. The molecule has 0 bridgehead atoms. The number of hydrogen-bond donors (Lipinski definition) is 2. The summed E-state index contributed by atoms with van der Waals surface area (Å²) in [4.78, 5) is 10.6. The summed E-state index contributed by atoms with van der Waals surface area (Å²) in [6, 6.07) is 12.5. The van der Waals surface area contributed by atoms with Gasteiger partial charge >= 0.3 is 0 Å². The van der Waals surface area contributed by atoms with E-state index in [1.54, 1.807) is 22.7 Å². The molecule has 2 aromatic heterocycles. The topological polar surface area (TPSA) is 49.3 Å². The van der Waals surface area contributed by atoms with E-state index in [1.807, 2.05) is 6.07 Å². The van der Waals surface area contributed by atoms with E-state index in [0.717, 1.165) is 44.0 Å². The Morgan fingerprint density at radius 1 is 1.16 bits per heavy atom. The van der Waals surface area contributed by atoms with Crippen LogP contribution in [0.15, 0.2) is 46.8 Å². The maximum absolute atomic E-state index is 4.68. The zero-order valence-electron chi connectivity index (χ0n) is 14.2. The Balaban J connectivity index is 0.00000225. The molecule has 0 saturated carbocycles. The van der Waals surface area contributed by atoms with Crippen LogP contribution in [-0.4, -0.2) is 24.0 Å². The van der Waals surface area contributed by atoms with E-state index in [2.05, 4.69) is 63.2 Å². The van der Waals surface area contributed by atoms with E-state index in [9.17, 15) is 0 Å². The number of fused-ring (bicyclic) bond motifs is 1. The molecule has 0 atom stereocenters. The van der Waals surface area contributed by atoms with Crippen molar-refractivity contribution in [1.29, 1.82) is 0 Å². The standard InChI is InChI=1S/C18H22N4S2.HI/c1-2-19-18(21-13-14-7-6-12-23-14)20-11-5-10-17-22-15-8-3-4-9-16(15)24-17;/h3-4,6-9,12H,2,5,10-11,13H2,1H3,(H2,19,20,21);1H. The molecule has 3 aromatic rings. The number of thiophene rings is 1. The highest BCUT2D eigenvalue weighted by molar-refractivity contribution is 14.0. The number of nitrogens with zero attached hydrogens (tertiary/aromatic N) is 2. The van der Waals surface area contributed by atoms with Crippen molar-refractivity contribution in [3.05, 3.63) is 51.7 Å². The van der Waals surface area contributed by atoms with Gasteiger partial charge in [-0.15, -0.1) is 46.7 Å². The van der Waals surface area contributed by atoms with Gasteiger partial charge in [-0.05, 0) is 36.9 Å². The minimum Gasteiger partial charge on any atom is -0.357 e. The van der Waals surface area contributed by atoms with Gasteiger partial charge in [0.15, 0.2) is 5.96 Å². The first-order valence-electron chi connectivity index (χ1n) is 8.24. The van der Waals surface area contributed by atoms with E-state index >= 15 is 0 Å². The Labute approximate surface area is 173 Å². The Hall–Kier alpha value is -1.19. The van der Waals surface area contributed by atoms with Crippen LogP contribution in [0.25, 0.3) is 10.2 Å². The van der Waals surface area contributed by atoms with Gasteiger partial charge in [0.2, 0.25) is 0 Å². The number of aromatic nitrogens is 1. The van der Waals surface area contributed by atoms with Crippen molar-refractivity contribution < 1.29 is 0 Å². The lowest BCUT2D eigenvalue weighted by atomic mass is 10.3. The van der Waals surface area contributed by atoms with Crippen molar-refractivity contribution in [3.8, 4) is 0 Å². The molecule has 0 radical (unpaired) electrons. The van der Waals surface area contributed by atoms with Gasteiger partial charge in [-0.25, -0.2) is 9.98 Å². The van der Waals surface area contributed by atoms with Crippen LogP contribution in [0, 0.1) is 0 Å². The van der Waals surface area contributed by atoms with Crippen LogP contribution in [0.1, 0.15) is 23.2 Å². The summed E-state index contributed by atoms with van der Waals surface area (Å²) < 4.78 is 1.27. The summed E-state index contributed by atoms with van der Waals surface area (Å²) in [6.45, 7) is 4.58. The predicted molar refractivity (Wildman–Crippen MR) is 120 cm³/mol. The number of thiazole rings is 1. The molecule has 0 aliphatic rings. The Morgan fingerprint density at radius 2 is 2.04 bits per heavy atom. The second-order valence-electron chi connectivity index (χ2n) is 5.38. The molecule has 7 heteroatoms. The molecule has 0 spiro atoms. The smallest absolute Gasteiger partial charge is 0.191 e. The molecular formula is C18H23IN4S2. The van der Waals surface area contributed by atoms with Crippen molar-refractivity contribution in [1.82, 2.24) is 15.6 Å². The number of rotatable bonds is 7. The number of nitrogens with one attached hydrogen (secondary N) is 2. The third kappa shape index (κ3) is 6.23. The molecule has 134 valence electrons. The van der Waals surface area contributed by atoms with Crippen LogP contribution in [0.3, 0.4) is 0 Å². The molecule has 0 amide bonds. The van der Waals surface area contributed by atoms with Gasteiger partial charge < -0.3 is 10.6 Å². The molecule has 3 rings (SSSR count). The van der Waals surface area contributed by atoms with Crippen LogP contribution >= 0.6 is 46.7 Å². The number of para-hydroxylation sites is 1. The molecule has 2 N–H and O–H groups in total. The normalized spacial score (nSPS) is 11.3. The van der Waals surface area contributed by atoms with Crippen LogP contribution < -0.4 is 10.6 Å². The lowest BCUT2D eigenvalue weighted by Gasteiger charge is -2.10. The van der Waals surface area contributed by atoms with Crippen molar-refractivity contribution in [2.24, 2.45) is 4.99 Å². The molecule has 2 heterocycles. The van der Waals surface area contributed by atoms with Gasteiger partial charge in [0.25, 0.3) is 0 Å². The molecule has 0 fully saturated rings. The van der Waals surface area contributed by atoms with Crippen LogP contribution in [0.2, 0.25) is 0 Å². The van der Waals surface area contributed by atoms with Crippen molar-refractivity contribution in [2.45, 2.75) is 26.3 Å². The lowest BCUT2D eigenvalue weighted by Crippen LogP contribution is -2.37. The largest absolute Gasteiger partial charge is 0.357 e. The highest BCUT2D eigenvalue weighted by Gasteiger charge is 2.03. The van der Waals surface area contributed by atoms with Crippen molar-refractivity contribution in [2.75, 3.05) is 13.1 Å². The highest BCUT2D eigenvalue weighted by atomic mass is 127. The fourth-order valence-corrected chi connectivity index (χ4v) is 4.01. The molecule has 25 heavy (non-hydrogen) atoms. The predicted octanol–water partition coefficient (Wildman–Crippen LogP) is 4.66. The first kappa shape index (κ1) is 20.1. The van der Waals surface area contributed by atoms with Crippen LogP contribution in [0.5, 0.6) is 0 Å². The maximum Gasteiger partial charge on any atom is 0.191 e. The summed E-state index contributed by atoms with van der Waals surface area (Å²) in [7, 11) is 0. The maximum atomic E-state index is 4.68. The number of aryl methyl sites for hydroxylation is 1.